The van der Waals surface area contributed by atoms with Gasteiger partial charge in [-0.2, -0.15) is 0 Å². The number of amides is 1. The summed E-state index contributed by atoms with van der Waals surface area (Å²) in [6.45, 7) is 1.47. The Kier molecular flexibility index (Phi) is 6.80. The van der Waals surface area contributed by atoms with Crippen LogP contribution in [-0.2, 0) is 14.8 Å². The number of halogens is 1. The second kappa shape index (κ2) is 9.32. The van der Waals surface area contributed by atoms with Gasteiger partial charge in [-0.1, -0.05) is 78.3 Å². The summed E-state index contributed by atoms with van der Waals surface area (Å²) in [6.07, 6.45) is 1.07. The number of aryl methyl sites for hydroxylation is 1. The van der Waals surface area contributed by atoms with Crippen LogP contribution in [0.15, 0.2) is 78.9 Å². The van der Waals surface area contributed by atoms with E-state index in [-0.39, 0.29) is 6.54 Å². The molecule has 0 unspecified atom stereocenters. The number of sulfonamides is 1. The summed E-state index contributed by atoms with van der Waals surface area (Å²) < 4.78 is 25.8. The van der Waals surface area contributed by atoms with Crippen LogP contribution < -0.4 is 9.62 Å². The van der Waals surface area contributed by atoms with Crippen LogP contribution >= 0.6 is 11.6 Å². The lowest BCUT2D eigenvalue weighted by Crippen LogP contribution is -2.41. The van der Waals surface area contributed by atoms with E-state index in [0.717, 1.165) is 27.3 Å². The molecular weight excluding hydrogens is 420 g/mol. The summed E-state index contributed by atoms with van der Waals surface area (Å²) in [4.78, 5) is 12.9. The molecule has 0 aliphatic rings. The highest BCUT2D eigenvalue weighted by Crippen LogP contribution is 2.26. The highest BCUT2D eigenvalue weighted by Gasteiger charge is 2.24. The van der Waals surface area contributed by atoms with E-state index in [2.05, 4.69) is 5.32 Å². The van der Waals surface area contributed by atoms with E-state index in [0.29, 0.717) is 10.7 Å². The smallest absolute Gasteiger partial charge is 0.241 e. The lowest BCUT2D eigenvalue weighted by Gasteiger charge is -2.25. The van der Waals surface area contributed by atoms with Gasteiger partial charge < -0.3 is 5.32 Å². The second-order valence-electron chi connectivity index (χ2n) is 7.03. The Balaban J connectivity index is 1.88. The third kappa shape index (κ3) is 5.40. The van der Waals surface area contributed by atoms with Crippen LogP contribution in [0.1, 0.15) is 22.7 Å². The molecule has 0 fully saturated rings. The van der Waals surface area contributed by atoms with Crippen molar-refractivity contribution in [1.29, 1.82) is 0 Å². The second-order valence-corrected chi connectivity index (χ2v) is 9.34. The molecule has 3 rings (SSSR count). The number of nitrogens with zero attached hydrogens (tertiary/aromatic N) is 1. The van der Waals surface area contributed by atoms with E-state index >= 15 is 0 Å². The first-order valence-corrected chi connectivity index (χ1v) is 11.6. The van der Waals surface area contributed by atoms with Gasteiger partial charge in [0.2, 0.25) is 15.9 Å². The van der Waals surface area contributed by atoms with Crippen molar-refractivity contribution in [2.45, 2.75) is 13.0 Å². The van der Waals surface area contributed by atoms with Crippen LogP contribution in [0.25, 0.3) is 0 Å². The van der Waals surface area contributed by atoms with E-state index in [4.69, 9.17) is 11.6 Å². The van der Waals surface area contributed by atoms with Crippen molar-refractivity contribution < 1.29 is 13.2 Å². The Morgan fingerprint density at radius 3 is 1.97 bits per heavy atom. The highest BCUT2D eigenvalue weighted by molar-refractivity contribution is 7.92. The van der Waals surface area contributed by atoms with Crippen molar-refractivity contribution in [3.63, 3.8) is 0 Å². The van der Waals surface area contributed by atoms with Crippen LogP contribution in [0.4, 0.5) is 5.69 Å². The fourth-order valence-corrected chi connectivity index (χ4v) is 4.15. The number of nitrogens with one attached hydrogen (secondary N) is 1. The molecule has 0 spiro atoms. The molecule has 30 heavy (non-hydrogen) atoms. The van der Waals surface area contributed by atoms with Crippen LogP contribution in [0.5, 0.6) is 0 Å². The SMILES string of the molecule is Cc1ccc(N(CC(=O)NC(c2ccccc2)c2ccccc2)S(C)(=O)=O)cc1Cl. The number of hydrogen-bond donors (Lipinski definition) is 1. The molecule has 0 bridgehead atoms. The van der Waals surface area contributed by atoms with Crippen LogP contribution in [-0.4, -0.2) is 27.1 Å². The molecule has 0 aromatic heterocycles. The van der Waals surface area contributed by atoms with Crippen molar-refractivity contribution in [1.82, 2.24) is 5.32 Å². The van der Waals surface area contributed by atoms with Crippen LogP contribution in [0.2, 0.25) is 5.02 Å². The highest BCUT2D eigenvalue weighted by atomic mass is 35.5. The van der Waals surface area contributed by atoms with Gasteiger partial charge in [0.1, 0.15) is 6.54 Å². The van der Waals surface area contributed by atoms with Crippen LogP contribution in [0.3, 0.4) is 0 Å². The fraction of sp³-hybridized carbons (Fsp3) is 0.174. The molecule has 1 amide bonds. The topological polar surface area (TPSA) is 66.5 Å². The van der Waals surface area contributed by atoms with E-state index < -0.39 is 22.0 Å². The average molecular weight is 443 g/mol. The minimum absolute atomic E-state index is 0.347. The maximum Gasteiger partial charge on any atom is 0.241 e. The minimum atomic E-state index is -3.69. The summed E-state index contributed by atoms with van der Waals surface area (Å²) >= 11 is 6.17. The molecular formula is C23H23ClN2O3S. The minimum Gasteiger partial charge on any atom is -0.344 e. The summed E-state index contributed by atoms with van der Waals surface area (Å²) in [5.74, 6) is -0.421. The Bertz CT molecular complexity index is 1080. The summed E-state index contributed by atoms with van der Waals surface area (Å²) in [6, 6.07) is 23.6. The quantitative estimate of drug-likeness (QED) is 0.592. The lowest BCUT2D eigenvalue weighted by molar-refractivity contribution is -0.120. The third-order valence-electron chi connectivity index (χ3n) is 4.70. The van der Waals surface area contributed by atoms with E-state index in [1.807, 2.05) is 67.6 Å². The predicted molar refractivity (Wildman–Crippen MR) is 121 cm³/mol. The molecule has 156 valence electrons. The van der Waals surface area contributed by atoms with Gasteiger partial charge in [0.25, 0.3) is 0 Å². The van der Waals surface area contributed by atoms with Gasteiger partial charge >= 0.3 is 0 Å². The molecule has 0 atom stereocenters. The molecule has 0 aliphatic heterocycles. The standard InChI is InChI=1S/C23H23ClN2O3S/c1-17-13-14-20(15-21(17)24)26(30(2,28)29)16-22(27)25-23(18-9-5-3-6-10-18)19-11-7-4-8-12-19/h3-15,23H,16H2,1-2H3,(H,25,27). The Morgan fingerprint density at radius 2 is 1.50 bits per heavy atom. The van der Waals surface area contributed by atoms with Crippen molar-refractivity contribution in [3.8, 4) is 0 Å². The molecule has 0 saturated carbocycles. The van der Waals surface area contributed by atoms with E-state index in [9.17, 15) is 13.2 Å². The van der Waals surface area contributed by atoms with Crippen LogP contribution in [0, 0.1) is 6.92 Å². The van der Waals surface area contributed by atoms with Gasteiger partial charge in [0.15, 0.2) is 0 Å². The maximum absolute atomic E-state index is 12.9. The van der Waals surface area contributed by atoms with Crippen molar-refractivity contribution in [2.75, 3.05) is 17.1 Å². The summed E-state index contributed by atoms with van der Waals surface area (Å²) in [5, 5.41) is 3.41. The number of anilines is 1. The Hall–Kier alpha value is -2.83. The normalized spacial score (nSPS) is 11.3. The fourth-order valence-electron chi connectivity index (χ4n) is 3.12. The van der Waals surface area contributed by atoms with Gasteiger partial charge in [-0.3, -0.25) is 9.10 Å². The zero-order chi connectivity index (χ0) is 21.7. The number of carbonyl (C=O) groups excluding carboxylic acids is 1. The molecule has 1 N–H and O–H groups in total. The van der Waals surface area contributed by atoms with Gasteiger partial charge in [-0.15, -0.1) is 0 Å². The molecule has 5 nitrogen and oxygen atoms in total. The first-order chi connectivity index (χ1) is 14.3. The molecule has 0 heterocycles. The predicted octanol–water partition coefficient (Wildman–Crippen LogP) is 4.32. The third-order valence-corrected chi connectivity index (χ3v) is 6.25. The van der Waals surface area contributed by atoms with Crippen molar-refractivity contribution in [2.24, 2.45) is 0 Å². The number of rotatable bonds is 7. The van der Waals surface area contributed by atoms with Crippen molar-refractivity contribution in [3.05, 3.63) is 101 Å². The number of benzene rings is 3. The average Bonchev–Trinajstić information content (AvgIpc) is 2.73. The van der Waals surface area contributed by atoms with Crippen molar-refractivity contribution >= 4 is 33.2 Å². The first kappa shape index (κ1) is 21.9. The largest absolute Gasteiger partial charge is 0.344 e. The maximum atomic E-state index is 12.9. The first-order valence-electron chi connectivity index (χ1n) is 9.39. The van der Waals surface area contributed by atoms with E-state index in [1.165, 1.54) is 0 Å². The summed E-state index contributed by atoms with van der Waals surface area (Å²) in [7, 11) is -3.69. The van der Waals surface area contributed by atoms with Gasteiger partial charge in [-0.25, -0.2) is 8.42 Å². The molecule has 7 heteroatoms. The number of hydrogen-bond acceptors (Lipinski definition) is 3. The molecule has 3 aromatic rings. The molecule has 0 radical (unpaired) electrons. The monoisotopic (exact) mass is 442 g/mol. The molecule has 0 aliphatic carbocycles. The van der Waals surface area contributed by atoms with Gasteiger partial charge in [-0.05, 0) is 35.7 Å². The Morgan fingerprint density at radius 1 is 0.967 bits per heavy atom. The van der Waals surface area contributed by atoms with E-state index in [1.54, 1.807) is 18.2 Å². The molecule has 3 aromatic carbocycles. The Labute approximate surface area is 182 Å². The zero-order valence-electron chi connectivity index (χ0n) is 16.7. The summed E-state index contributed by atoms with van der Waals surface area (Å²) in [5.41, 5.74) is 2.98. The van der Waals surface area contributed by atoms with Gasteiger partial charge in [0, 0.05) is 5.02 Å². The lowest BCUT2D eigenvalue weighted by atomic mass is 9.99. The number of carbonyl (C=O) groups is 1. The van der Waals surface area contributed by atoms with Gasteiger partial charge in [0.05, 0.1) is 18.0 Å². The molecule has 0 saturated heterocycles. The zero-order valence-corrected chi connectivity index (χ0v) is 18.3.